The molecule has 0 spiro atoms. The topological polar surface area (TPSA) is 12.0 Å². The number of hydrogen-bond donors (Lipinski definition) is 1. The Labute approximate surface area is 79.5 Å². The van der Waals surface area contributed by atoms with Crippen molar-refractivity contribution in [3.8, 4) is 0 Å². The van der Waals surface area contributed by atoms with E-state index in [1.807, 2.05) is 0 Å². The molecule has 0 saturated heterocycles. The average Bonchev–Trinajstić information content (AvgIpc) is 2.29. The van der Waals surface area contributed by atoms with Crippen molar-refractivity contribution in [2.45, 2.75) is 19.8 Å². The number of nitrogens with one attached hydrogen (secondary N) is 1. The number of anilines is 1. The molecule has 1 nitrogen and oxygen atoms in total. The highest BCUT2D eigenvalue weighted by Crippen LogP contribution is 2.29. The van der Waals surface area contributed by atoms with E-state index in [1.54, 1.807) is 0 Å². The molecule has 0 saturated carbocycles. The van der Waals surface area contributed by atoms with Crippen LogP contribution in [0.25, 0.3) is 5.57 Å². The predicted octanol–water partition coefficient (Wildman–Crippen LogP) is 3.21. The van der Waals surface area contributed by atoms with E-state index in [0.717, 1.165) is 13.0 Å². The van der Waals surface area contributed by atoms with Crippen LogP contribution in [0.4, 0.5) is 5.69 Å². The summed E-state index contributed by atoms with van der Waals surface area (Å²) >= 11 is 0. The first-order chi connectivity index (χ1) is 6.27. The predicted molar refractivity (Wildman–Crippen MR) is 57.9 cm³/mol. The van der Waals surface area contributed by atoms with Gasteiger partial charge in [-0.2, -0.15) is 0 Å². The Bertz CT molecular complexity index is 339. The van der Waals surface area contributed by atoms with Gasteiger partial charge in [0.25, 0.3) is 0 Å². The second-order valence-electron chi connectivity index (χ2n) is 3.68. The Morgan fingerprint density at radius 3 is 3.08 bits per heavy atom. The molecule has 0 amide bonds. The molecule has 68 valence electrons. The molecular formula is C12H15N. The molecular weight excluding hydrogens is 158 g/mol. The molecule has 1 aromatic carbocycles. The van der Waals surface area contributed by atoms with Crippen molar-refractivity contribution in [2.75, 3.05) is 11.9 Å². The zero-order valence-electron chi connectivity index (χ0n) is 8.06. The number of benzene rings is 1. The van der Waals surface area contributed by atoms with E-state index < -0.39 is 0 Å². The molecule has 2 rings (SSSR count). The van der Waals surface area contributed by atoms with Crippen LogP contribution in [-0.2, 0) is 0 Å². The van der Waals surface area contributed by atoms with Crippen LogP contribution < -0.4 is 5.32 Å². The lowest BCUT2D eigenvalue weighted by molar-refractivity contribution is 0.917. The smallest absolute Gasteiger partial charge is 0.0416 e. The van der Waals surface area contributed by atoms with Crippen molar-refractivity contribution in [3.05, 3.63) is 35.9 Å². The van der Waals surface area contributed by atoms with Gasteiger partial charge in [0.05, 0.1) is 0 Å². The maximum absolute atomic E-state index is 4.12. The first-order valence-corrected chi connectivity index (χ1v) is 4.80. The molecule has 0 fully saturated rings. The molecule has 0 aliphatic carbocycles. The van der Waals surface area contributed by atoms with Gasteiger partial charge in [0.1, 0.15) is 0 Å². The van der Waals surface area contributed by atoms with Gasteiger partial charge in [-0.25, -0.2) is 0 Å². The standard InChI is InChI=1S/C12H15N/c1-9-5-6-12-11(8-9)10(2)4-3-7-13-12/h5-6,8,13H,2-4,7H2,1H3. The third-order valence-corrected chi connectivity index (χ3v) is 2.53. The third-order valence-electron chi connectivity index (χ3n) is 2.53. The summed E-state index contributed by atoms with van der Waals surface area (Å²) in [5.41, 5.74) is 5.12. The second-order valence-corrected chi connectivity index (χ2v) is 3.68. The Morgan fingerprint density at radius 1 is 1.38 bits per heavy atom. The van der Waals surface area contributed by atoms with Crippen LogP contribution >= 0.6 is 0 Å². The summed E-state index contributed by atoms with van der Waals surface area (Å²) in [5.74, 6) is 0. The lowest BCUT2D eigenvalue weighted by atomic mass is 10.0. The summed E-state index contributed by atoms with van der Waals surface area (Å²) in [6.45, 7) is 7.30. The van der Waals surface area contributed by atoms with Crippen LogP contribution in [-0.4, -0.2) is 6.54 Å². The summed E-state index contributed by atoms with van der Waals surface area (Å²) in [6, 6.07) is 6.52. The quantitative estimate of drug-likeness (QED) is 0.635. The first kappa shape index (κ1) is 8.36. The van der Waals surface area contributed by atoms with Gasteiger partial charge in [-0.05, 0) is 37.5 Å². The van der Waals surface area contributed by atoms with E-state index in [2.05, 4.69) is 37.0 Å². The molecule has 0 atom stereocenters. The highest BCUT2D eigenvalue weighted by atomic mass is 14.9. The fraction of sp³-hybridized carbons (Fsp3) is 0.333. The molecule has 1 aromatic rings. The number of rotatable bonds is 0. The molecule has 13 heavy (non-hydrogen) atoms. The molecule has 1 heteroatoms. The zero-order valence-corrected chi connectivity index (χ0v) is 8.06. The van der Waals surface area contributed by atoms with Crippen molar-refractivity contribution in [2.24, 2.45) is 0 Å². The van der Waals surface area contributed by atoms with Crippen molar-refractivity contribution in [3.63, 3.8) is 0 Å². The molecule has 1 aliphatic rings. The minimum Gasteiger partial charge on any atom is -0.385 e. The van der Waals surface area contributed by atoms with E-state index >= 15 is 0 Å². The molecule has 1 heterocycles. The summed E-state index contributed by atoms with van der Waals surface area (Å²) in [5, 5.41) is 3.42. The van der Waals surface area contributed by atoms with Crippen molar-refractivity contribution in [1.29, 1.82) is 0 Å². The second kappa shape index (κ2) is 3.25. The van der Waals surface area contributed by atoms with Crippen LogP contribution in [0, 0.1) is 6.92 Å². The largest absolute Gasteiger partial charge is 0.385 e. The van der Waals surface area contributed by atoms with Gasteiger partial charge in [-0.1, -0.05) is 18.2 Å². The first-order valence-electron chi connectivity index (χ1n) is 4.80. The molecule has 0 bridgehead atoms. The van der Waals surface area contributed by atoms with E-state index in [1.165, 1.54) is 28.8 Å². The van der Waals surface area contributed by atoms with E-state index in [9.17, 15) is 0 Å². The molecule has 0 unspecified atom stereocenters. The molecule has 0 radical (unpaired) electrons. The van der Waals surface area contributed by atoms with Crippen LogP contribution in [0.1, 0.15) is 24.0 Å². The van der Waals surface area contributed by atoms with Gasteiger partial charge in [-0.15, -0.1) is 0 Å². The van der Waals surface area contributed by atoms with Gasteiger partial charge in [0.15, 0.2) is 0 Å². The number of aryl methyl sites for hydroxylation is 1. The van der Waals surface area contributed by atoms with Crippen molar-refractivity contribution in [1.82, 2.24) is 0 Å². The average molecular weight is 173 g/mol. The van der Waals surface area contributed by atoms with E-state index in [4.69, 9.17) is 0 Å². The van der Waals surface area contributed by atoms with E-state index in [-0.39, 0.29) is 0 Å². The van der Waals surface area contributed by atoms with Gasteiger partial charge >= 0.3 is 0 Å². The van der Waals surface area contributed by atoms with Gasteiger partial charge < -0.3 is 5.32 Å². The lowest BCUT2D eigenvalue weighted by Gasteiger charge is -2.08. The zero-order chi connectivity index (χ0) is 9.26. The summed E-state index contributed by atoms with van der Waals surface area (Å²) < 4.78 is 0. The normalized spacial score (nSPS) is 15.9. The number of hydrogen-bond acceptors (Lipinski definition) is 1. The fourth-order valence-corrected chi connectivity index (χ4v) is 1.76. The minimum absolute atomic E-state index is 1.06. The number of fused-ring (bicyclic) bond motifs is 1. The van der Waals surface area contributed by atoms with Crippen molar-refractivity contribution < 1.29 is 0 Å². The minimum atomic E-state index is 1.06. The highest BCUT2D eigenvalue weighted by molar-refractivity contribution is 5.76. The molecule has 1 aliphatic heterocycles. The van der Waals surface area contributed by atoms with Crippen LogP contribution in [0.3, 0.4) is 0 Å². The lowest BCUT2D eigenvalue weighted by Crippen LogP contribution is -1.99. The van der Waals surface area contributed by atoms with Gasteiger partial charge in [0.2, 0.25) is 0 Å². The monoisotopic (exact) mass is 173 g/mol. The summed E-state index contributed by atoms with van der Waals surface area (Å²) in [4.78, 5) is 0. The van der Waals surface area contributed by atoms with Crippen LogP contribution in [0.5, 0.6) is 0 Å². The van der Waals surface area contributed by atoms with E-state index in [0.29, 0.717) is 0 Å². The number of allylic oxidation sites excluding steroid dienone is 1. The van der Waals surface area contributed by atoms with Crippen LogP contribution in [0.15, 0.2) is 24.8 Å². The Morgan fingerprint density at radius 2 is 2.23 bits per heavy atom. The Kier molecular flexibility index (Phi) is 2.09. The Balaban J connectivity index is 2.49. The van der Waals surface area contributed by atoms with Gasteiger partial charge in [-0.3, -0.25) is 0 Å². The summed E-state index contributed by atoms with van der Waals surface area (Å²) in [6.07, 6.45) is 2.30. The maximum Gasteiger partial charge on any atom is 0.0416 e. The SMILES string of the molecule is C=C1CCCNc2ccc(C)cc21. The Hall–Kier alpha value is -1.24. The third kappa shape index (κ3) is 1.59. The van der Waals surface area contributed by atoms with Crippen LogP contribution in [0.2, 0.25) is 0 Å². The summed E-state index contributed by atoms with van der Waals surface area (Å²) in [7, 11) is 0. The van der Waals surface area contributed by atoms with Crippen molar-refractivity contribution >= 4 is 11.3 Å². The maximum atomic E-state index is 4.12. The van der Waals surface area contributed by atoms with Gasteiger partial charge in [0, 0.05) is 17.8 Å². The fourth-order valence-electron chi connectivity index (χ4n) is 1.76. The highest BCUT2D eigenvalue weighted by Gasteiger charge is 2.09. The molecule has 1 N–H and O–H groups in total. The molecule has 0 aromatic heterocycles.